The fourth-order valence-electron chi connectivity index (χ4n) is 6.82. The molecule has 218 valence electrons. The number of carbonyl (C=O) groups is 1. The molecule has 7 rings (SSSR count). The zero-order valence-electron chi connectivity index (χ0n) is 23.8. The minimum Gasteiger partial charge on any atom is -0.460 e. The van der Waals surface area contributed by atoms with Crippen LogP contribution in [-0.2, 0) is 4.79 Å². The predicted molar refractivity (Wildman–Crippen MR) is 162 cm³/mol. The van der Waals surface area contributed by atoms with Gasteiger partial charge in [-0.3, -0.25) is 9.89 Å². The Labute approximate surface area is 248 Å². The van der Waals surface area contributed by atoms with Crippen LogP contribution in [0.3, 0.4) is 0 Å². The summed E-state index contributed by atoms with van der Waals surface area (Å²) in [5, 5.41) is 8.75. The number of halogens is 2. The number of aromatic nitrogens is 4. The number of nitrogens with one attached hydrogen (secondary N) is 1. The van der Waals surface area contributed by atoms with Crippen molar-refractivity contribution in [2.24, 2.45) is 5.41 Å². The number of piperidine rings is 1. The van der Waals surface area contributed by atoms with Gasteiger partial charge in [-0.05, 0) is 57.0 Å². The molecule has 2 aromatic heterocycles. The molecule has 5 heterocycles. The quantitative estimate of drug-likeness (QED) is 0.329. The smallest absolute Gasteiger partial charge is 0.319 e. The van der Waals surface area contributed by atoms with Gasteiger partial charge in [-0.1, -0.05) is 24.2 Å². The lowest BCUT2D eigenvalue weighted by Gasteiger charge is -2.49. The Hall–Kier alpha value is -3.76. The van der Waals surface area contributed by atoms with Crippen molar-refractivity contribution in [2.45, 2.75) is 32.3 Å². The first-order chi connectivity index (χ1) is 20.2. The lowest BCUT2D eigenvalue weighted by Crippen LogP contribution is -2.58. The fourth-order valence-corrected chi connectivity index (χ4v) is 7.10. The van der Waals surface area contributed by atoms with E-state index in [9.17, 15) is 4.79 Å². The van der Waals surface area contributed by atoms with Crippen LogP contribution < -0.4 is 9.64 Å². The van der Waals surface area contributed by atoms with Crippen LogP contribution in [0.25, 0.3) is 32.9 Å². The summed E-state index contributed by atoms with van der Waals surface area (Å²) in [5.74, 6) is 0.0496. The molecule has 3 saturated heterocycles. The molecule has 42 heavy (non-hydrogen) atoms. The maximum absolute atomic E-state index is 16.7. The minimum atomic E-state index is -0.509. The van der Waals surface area contributed by atoms with E-state index in [2.05, 4.69) is 38.6 Å². The van der Waals surface area contributed by atoms with Crippen molar-refractivity contribution in [3.63, 3.8) is 0 Å². The number of hydrogen-bond acceptors (Lipinski definition) is 7. The number of ether oxygens (including phenoxy) is 1. The first-order valence-corrected chi connectivity index (χ1v) is 14.8. The summed E-state index contributed by atoms with van der Waals surface area (Å²) in [7, 11) is 2.09. The molecular weight excluding hydrogens is 557 g/mol. The van der Waals surface area contributed by atoms with Crippen molar-refractivity contribution in [1.82, 2.24) is 30.0 Å². The number of hydrogen-bond donors (Lipinski definition) is 1. The summed E-state index contributed by atoms with van der Waals surface area (Å²) in [5.41, 5.74) is 2.81. The number of benzene rings is 2. The van der Waals surface area contributed by atoms with Crippen molar-refractivity contribution in [3.05, 3.63) is 53.5 Å². The number of anilines is 1. The van der Waals surface area contributed by atoms with Crippen LogP contribution in [0.5, 0.6) is 6.01 Å². The van der Waals surface area contributed by atoms with Crippen molar-refractivity contribution in [3.8, 4) is 17.1 Å². The number of carbonyl (C=O) groups excluding carboxylic acids is 1. The van der Waals surface area contributed by atoms with Gasteiger partial charge < -0.3 is 19.4 Å². The van der Waals surface area contributed by atoms with E-state index in [0.29, 0.717) is 42.9 Å². The van der Waals surface area contributed by atoms with Crippen molar-refractivity contribution in [1.29, 1.82) is 0 Å². The van der Waals surface area contributed by atoms with E-state index in [1.807, 2.05) is 24.0 Å². The molecule has 0 saturated carbocycles. The third-order valence-corrected chi connectivity index (χ3v) is 9.44. The van der Waals surface area contributed by atoms with E-state index >= 15 is 4.39 Å². The number of aryl methyl sites for hydroxylation is 1. The average Bonchev–Trinajstić information content (AvgIpc) is 3.62. The second-order valence-electron chi connectivity index (χ2n) is 12.1. The van der Waals surface area contributed by atoms with Crippen molar-refractivity contribution < 1.29 is 13.9 Å². The lowest BCUT2D eigenvalue weighted by atomic mass is 9.79. The number of H-pyrrole nitrogens is 1. The van der Waals surface area contributed by atoms with Crippen LogP contribution in [0, 0.1) is 18.2 Å². The number of fused-ring (bicyclic) bond motifs is 2. The highest BCUT2D eigenvalue weighted by atomic mass is 35.5. The summed E-state index contributed by atoms with van der Waals surface area (Å²) >= 11 is 6.89. The summed E-state index contributed by atoms with van der Waals surface area (Å²) in [6, 6.07) is 5.80. The second kappa shape index (κ2) is 10.2. The van der Waals surface area contributed by atoms with Gasteiger partial charge in [0.2, 0.25) is 5.91 Å². The van der Waals surface area contributed by atoms with Crippen LogP contribution in [0.15, 0.2) is 37.1 Å². The summed E-state index contributed by atoms with van der Waals surface area (Å²) in [6.45, 7) is 10.2. The third-order valence-electron chi connectivity index (χ3n) is 9.14. The number of rotatable bonds is 5. The average molecular weight is 590 g/mol. The molecule has 0 aliphatic carbocycles. The Morgan fingerprint density at radius 2 is 1.95 bits per heavy atom. The summed E-state index contributed by atoms with van der Waals surface area (Å²) in [4.78, 5) is 28.0. The zero-order chi connectivity index (χ0) is 29.2. The first kappa shape index (κ1) is 27.1. The molecule has 0 bridgehead atoms. The van der Waals surface area contributed by atoms with Gasteiger partial charge >= 0.3 is 6.01 Å². The molecule has 3 fully saturated rings. The van der Waals surface area contributed by atoms with E-state index in [0.717, 1.165) is 48.8 Å². The van der Waals surface area contributed by atoms with Gasteiger partial charge in [0, 0.05) is 66.6 Å². The Morgan fingerprint density at radius 1 is 1.17 bits per heavy atom. The normalized spacial score (nSPS) is 19.1. The van der Waals surface area contributed by atoms with Gasteiger partial charge in [0.25, 0.3) is 0 Å². The molecule has 3 aliphatic heterocycles. The SMILES string of the molecule is C=CC(=O)N1CCC2(C1)CN(c1nc(OC3CCN(C)CC3)nc3c(F)c(-c4c(C)ccc5[nH]ncc45)c(Cl)cc13)C2. The van der Waals surface area contributed by atoms with E-state index in [1.165, 1.54) is 6.08 Å². The van der Waals surface area contributed by atoms with Crippen LogP contribution in [-0.4, -0.2) is 88.3 Å². The Kier molecular flexibility index (Phi) is 6.58. The molecule has 11 heteroatoms. The maximum Gasteiger partial charge on any atom is 0.319 e. The van der Waals surface area contributed by atoms with Gasteiger partial charge in [0.1, 0.15) is 17.4 Å². The topological polar surface area (TPSA) is 90.5 Å². The van der Waals surface area contributed by atoms with Gasteiger partial charge in [0.05, 0.1) is 16.7 Å². The molecule has 4 aromatic rings. The van der Waals surface area contributed by atoms with Gasteiger partial charge in [-0.15, -0.1) is 0 Å². The molecule has 0 radical (unpaired) electrons. The molecule has 0 atom stereocenters. The monoisotopic (exact) mass is 589 g/mol. The first-order valence-electron chi connectivity index (χ1n) is 14.4. The second-order valence-corrected chi connectivity index (χ2v) is 12.5. The van der Waals surface area contributed by atoms with E-state index in [4.69, 9.17) is 21.3 Å². The Bertz CT molecular complexity index is 1730. The van der Waals surface area contributed by atoms with Crippen LogP contribution >= 0.6 is 11.6 Å². The van der Waals surface area contributed by atoms with Gasteiger partial charge in [-0.25, -0.2) is 4.39 Å². The van der Waals surface area contributed by atoms with Gasteiger partial charge in [0.15, 0.2) is 5.82 Å². The zero-order valence-corrected chi connectivity index (χ0v) is 24.5. The lowest BCUT2D eigenvalue weighted by molar-refractivity contribution is -0.125. The Balaban J connectivity index is 1.32. The minimum absolute atomic E-state index is 0.0265. The van der Waals surface area contributed by atoms with E-state index in [1.54, 1.807) is 12.3 Å². The molecular formula is C31H33ClFN7O2. The van der Waals surface area contributed by atoms with Crippen molar-refractivity contribution in [2.75, 3.05) is 51.2 Å². The molecule has 9 nitrogen and oxygen atoms in total. The van der Waals surface area contributed by atoms with Gasteiger partial charge in [-0.2, -0.15) is 15.1 Å². The van der Waals surface area contributed by atoms with E-state index < -0.39 is 5.82 Å². The number of amides is 1. The number of nitrogens with zero attached hydrogens (tertiary/aromatic N) is 6. The predicted octanol–water partition coefficient (Wildman–Crippen LogP) is 4.97. The highest BCUT2D eigenvalue weighted by Crippen LogP contribution is 2.46. The molecule has 1 spiro atoms. The molecule has 1 N–H and O–H groups in total. The highest BCUT2D eigenvalue weighted by molar-refractivity contribution is 6.35. The summed E-state index contributed by atoms with van der Waals surface area (Å²) < 4.78 is 23.0. The Morgan fingerprint density at radius 3 is 2.71 bits per heavy atom. The fraction of sp³-hybridized carbons (Fsp3) is 0.419. The number of aromatic amines is 1. The van der Waals surface area contributed by atoms with Crippen LogP contribution in [0.4, 0.5) is 10.2 Å². The number of likely N-dealkylation sites (tertiary alicyclic amines) is 2. The summed E-state index contributed by atoms with van der Waals surface area (Å²) in [6.07, 6.45) is 5.62. The molecule has 2 aromatic carbocycles. The molecule has 1 amide bonds. The van der Waals surface area contributed by atoms with Crippen molar-refractivity contribution >= 4 is 45.1 Å². The third kappa shape index (κ3) is 4.48. The molecule has 0 unspecified atom stereocenters. The largest absolute Gasteiger partial charge is 0.460 e. The standard InChI is InChI=1S/C31H33ClFN7O2/c1-4-24(41)39-12-9-31(15-39)16-40(17-31)29-20-13-22(32)26(25-18(2)5-6-23-21(25)14-34-37-23)27(33)28(20)35-30(36-29)42-19-7-10-38(3)11-8-19/h4-6,13-14,19H,1,7-12,15-17H2,2-3H3,(H,34,37). The van der Waals surface area contributed by atoms with Crippen LogP contribution in [0.1, 0.15) is 24.8 Å². The molecule has 3 aliphatic rings. The van der Waals surface area contributed by atoms with E-state index in [-0.39, 0.29) is 39.5 Å². The maximum atomic E-state index is 16.7. The van der Waals surface area contributed by atoms with Crippen LogP contribution in [0.2, 0.25) is 5.02 Å². The highest BCUT2D eigenvalue weighted by Gasteiger charge is 2.49.